The number of hydrogen-bond donors (Lipinski definition) is 3. The number of ketones is 1. The van der Waals surface area contributed by atoms with Crippen molar-refractivity contribution in [1.29, 1.82) is 5.41 Å². The van der Waals surface area contributed by atoms with Gasteiger partial charge in [0.05, 0.1) is 5.69 Å². The first-order valence-electron chi connectivity index (χ1n) is 10.4. The molecule has 0 spiro atoms. The van der Waals surface area contributed by atoms with Gasteiger partial charge in [0.1, 0.15) is 5.78 Å². The third kappa shape index (κ3) is 11.0. The van der Waals surface area contributed by atoms with Crippen LogP contribution in [0, 0.1) is 18.3 Å². The number of aromatic amines is 1. The van der Waals surface area contributed by atoms with Gasteiger partial charge in [-0.05, 0) is 50.4 Å². The summed E-state index contributed by atoms with van der Waals surface area (Å²) in [6, 6.07) is 2.05. The second-order valence-corrected chi connectivity index (χ2v) is 6.79. The third-order valence-electron chi connectivity index (χ3n) is 4.33. The summed E-state index contributed by atoms with van der Waals surface area (Å²) in [4.78, 5) is 11.3. The van der Waals surface area contributed by atoms with Gasteiger partial charge in [0, 0.05) is 30.3 Å². The second-order valence-electron chi connectivity index (χ2n) is 6.79. The fourth-order valence-corrected chi connectivity index (χ4v) is 2.74. The molecule has 0 bridgehead atoms. The van der Waals surface area contributed by atoms with E-state index in [1.54, 1.807) is 0 Å². The number of nitrogens with zero attached hydrogens (tertiary/aromatic N) is 1. The molecule has 1 aromatic rings. The van der Waals surface area contributed by atoms with E-state index in [0.717, 1.165) is 41.8 Å². The van der Waals surface area contributed by atoms with Crippen molar-refractivity contribution in [1.82, 2.24) is 10.2 Å². The van der Waals surface area contributed by atoms with Gasteiger partial charge in [-0.1, -0.05) is 57.6 Å². The predicted octanol–water partition coefficient (Wildman–Crippen LogP) is 5.91. The van der Waals surface area contributed by atoms with E-state index in [4.69, 9.17) is 11.1 Å². The quantitative estimate of drug-likeness (QED) is 0.319. The van der Waals surface area contributed by atoms with Gasteiger partial charge >= 0.3 is 0 Å². The lowest BCUT2D eigenvalue weighted by atomic mass is 9.90. The predicted molar refractivity (Wildman–Crippen MR) is 125 cm³/mol. The smallest absolute Gasteiger partial charge is 0.133 e. The van der Waals surface area contributed by atoms with Crippen LogP contribution in [0.2, 0.25) is 0 Å². The maximum Gasteiger partial charge on any atom is 0.133 e. The Morgan fingerprint density at radius 2 is 2.07 bits per heavy atom. The molecule has 29 heavy (non-hydrogen) atoms. The Morgan fingerprint density at radius 1 is 1.34 bits per heavy atom. The molecule has 0 aromatic carbocycles. The van der Waals surface area contributed by atoms with Crippen molar-refractivity contribution >= 4 is 17.6 Å². The molecule has 1 heterocycles. The minimum absolute atomic E-state index is 0.134. The number of allylic oxidation sites excluding steroid dienone is 7. The van der Waals surface area contributed by atoms with Crippen LogP contribution in [0.4, 0.5) is 0 Å². The molecule has 1 atom stereocenters. The summed E-state index contributed by atoms with van der Waals surface area (Å²) < 4.78 is 0. The monoisotopic (exact) mass is 398 g/mol. The summed E-state index contributed by atoms with van der Waals surface area (Å²) >= 11 is 0. The third-order valence-corrected chi connectivity index (χ3v) is 4.33. The first kappa shape index (κ1) is 26.3. The van der Waals surface area contributed by atoms with Crippen LogP contribution in [0.5, 0.6) is 0 Å². The molecule has 0 aliphatic carbocycles. The van der Waals surface area contributed by atoms with Crippen LogP contribution in [0.3, 0.4) is 0 Å². The zero-order valence-electron chi connectivity index (χ0n) is 18.7. The minimum Gasteiger partial charge on any atom is -0.404 e. The molecule has 5 nitrogen and oxygen atoms in total. The van der Waals surface area contributed by atoms with Crippen LogP contribution in [-0.4, -0.2) is 22.2 Å². The standard InChI is InChI=1S/C13H18N2.C11H20N2O/c1-4-6-7-9-12(8-5-2)13-10-11(3)14-15-13;1-3-5-9(6-11(14)4-2)10(7-12)8-13/h5-10H,4H2,1-3H3,(H,14,15);7-9,12H,3-6,13H2,1-2H3/b7-6+,8-5-,12-9+;10-8+,12-7?. The number of nitrogens with two attached hydrogens (primary N) is 1. The minimum atomic E-state index is 0.134. The Morgan fingerprint density at radius 3 is 2.52 bits per heavy atom. The summed E-state index contributed by atoms with van der Waals surface area (Å²) in [5, 5.41) is 14.4. The highest BCUT2D eigenvalue weighted by Gasteiger charge is 2.14. The lowest BCUT2D eigenvalue weighted by molar-refractivity contribution is -0.119. The Labute approximate surface area is 176 Å². The number of Topliss-reactive ketones (excluding diaryl/α,β-unsaturated/α-hetero) is 1. The van der Waals surface area contributed by atoms with E-state index < -0.39 is 0 Å². The molecular weight excluding hydrogens is 360 g/mol. The second kappa shape index (κ2) is 16.3. The van der Waals surface area contributed by atoms with Crippen molar-refractivity contribution in [3.05, 3.63) is 59.6 Å². The van der Waals surface area contributed by atoms with Gasteiger partial charge in [-0.15, -0.1) is 0 Å². The van der Waals surface area contributed by atoms with Crippen molar-refractivity contribution in [2.24, 2.45) is 11.7 Å². The largest absolute Gasteiger partial charge is 0.404 e. The number of rotatable bonds is 11. The molecule has 0 saturated carbocycles. The Hall–Kier alpha value is -2.69. The van der Waals surface area contributed by atoms with Crippen molar-refractivity contribution in [3.8, 4) is 0 Å². The number of carbonyl (C=O) groups excluding carboxylic acids is 1. The van der Waals surface area contributed by atoms with Crippen molar-refractivity contribution in [2.45, 2.75) is 66.7 Å². The Balaban J connectivity index is 0.000000543. The molecule has 5 heteroatoms. The lowest BCUT2D eigenvalue weighted by Crippen LogP contribution is -2.12. The van der Waals surface area contributed by atoms with Gasteiger partial charge in [0.2, 0.25) is 0 Å². The van der Waals surface area contributed by atoms with E-state index in [9.17, 15) is 4.79 Å². The molecule has 1 rings (SSSR count). The molecule has 0 amide bonds. The van der Waals surface area contributed by atoms with E-state index in [0.29, 0.717) is 12.8 Å². The molecule has 0 aliphatic heterocycles. The topological polar surface area (TPSA) is 95.6 Å². The summed E-state index contributed by atoms with van der Waals surface area (Å²) in [6.07, 6.45) is 17.1. The van der Waals surface area contributed by atoms with Crippen LogP contribution in [0.1, 0.15) is 71.2 Å². The molecule has 0 radical (unpaired) electrons. The number of aromatic nitrogens is 2. The maximum absolute atomic E-state index is 11.3. The van der Waals surface area contributed by atoms with Gasteiger partial charge in [-0.25, -0.2) is 0 Å². The fraction of sp³-hybridized carbons (Fsp3) is 0.458. The normalized spacial score (nSPS) is 13.4. The number of nitrogens with one attached hydrogen (secondary N) is 2. The highest BCUT2D eigenvalue weighted by molar-refractivity contribution is 5.82. The van der Waals surface area contributed by atoms with E-state index in [1.807, 2.05) is 32.9 Å². The lowest BCUT2D eigenvalue weighted by Gasteiger charge is -2.15. The zero-order valence-corrected chi connectivity index (χ0v) is 18.7. The molecule has 4 N–H and O–H groups in total. The van der Waals surface area contributed by atoms with E-state index >= 15 is 0 Å². The number of aryl methyl sites for hydroxylation is 1. The van der Waals surface area contributed by atoms with Gasteiger partial charge in [-0.2, -0.15) is 5.10 Å². The average Bonchev–Trinajstić information content (AvgIpc) is 3.15. The molecule has 0 aliphatic rings. The van der Waals surface area contributed by atoms with E-state index in [2.05, 4.69) is 48.3 Å². The van der Waals surface area contributed by atoms with Crippen LogP contribution in [0.25, 0.3) is 5.57 Å². The van der Waals surface area contributed by atoms with Gasteiger partial charge < -0.3 is 11.1 Å². The molecule has 1 aromatic heterocycles. The number of hydrogen-bond acceptors (Lipinski definition) is 4. The van der Waals surface area contributed by atoms with Gasteiger partial charge in [0.15, 0.2) is 0 Å². The highest BCUT2D eigenvalue weighted by Crippen LogP contribution is 2.20. The molecule has 160 valence electrons. The van der Waals surface area contributed by atoms with Crippen LogP contribution in [-0.2, 0) is 4.79 Å². The summed E-state index contributed by atoms with van der Waals surface area (Å²) in [7, 11) is 0. The van der Waals surface area contributed by atoms with Gasteiger partial charge in [-0.3, -0.25) is 9.89 Å². The number of carbonyl (C=O) groups is 1. The Bertz CT molecular complexity index is 723. The van der Waals surface area contributed by atoms with Crippen molar-refractivity contribution in [3.63, 3.8) is 0 Å². The average molecular weight is 399 g/mol. The van der Waals surface area contributed by atoms with Crippen LogP contribution < -0.4 is 5.73 Å². The summed E-state index contributed by atoms with van der Waals surface area (Å²) in [6.45, 7) is 10.1. The summed E-state index contributed by atoms with van der Waals surface area (Å²) in [5.74, 6) is 0.375. The van der Waals surface area contributed by atoms with Crippen molar-refractivity contribution < 1.29 is 4.79 Å². The maximum atomic E-state index is 11.3. The summed E-state index contributed by atoms with van der Waals surface area (Å²) in [5.41, 5.74) is 9.39. The molecular formula is C24H38N4O. The zero-order chi connectivity index (χ0) is 22.1. The van der Waals surface area contributed by atoms with E-state index in [1.165, 1.54) is 12.4 Å². The molecule has 0 fully saturated rings. The van der Waals surface area contributed by atoms with Crippen LogP contribution in [0.15, 0.2) is 48.2 Å². The SMILES string of the molecule is CCCC(CC(=O)CC)/C(C=N)=C/N.C\C=C/C(=C\C=C\CC)c1cc(C)[nH]n1. The van der Waals surface area contributed by atoms with Gasteiger partial charge in [0.25, 0.3) is 0 Å². The molecule has 0 saturated heterocycles. The van der Waals surface area contributed by atoms with Crippen molar-refractivity contribution in [2.75, 3.05) is 0 Å². The first-order valence-corrected chi connectivity index (χ1v) is 10.4. The highest BCUT2D eigenvalue weighted by atomic mass is 16.1. The first-order chi connectivity index (χ1) is 14.0. The molecule has 1 unspecified atom stereocenters. The van der Waals surface area contributed by atoms with E-state index in [-0.39, 0.29) is 11.7 Å². The van der Waals surface area contributed by atoms with Crippen LogP contribution >= 0.6 is 0 Å². The Kier molecular flexibility index (Phi) is 14.8. The number of H-pyrrole nitrogens is 1. The fourth-order valence-electron chi connectivity index (χ4n) is 2.74.